The van der Waals surface area contributed by atoms with Crippen molar-refractivity contribution in [2.75, 3.05) is 6.54 Å². The van der Waals surface area contributed by atoms with Crippen LogP contribution in [0.15, 0.2) is 45.4 Å². The predicted molar refractivity (Wildman–Crippen MR) is 75.0 cm³/mol. The summed E-state index contributed by atoms with van der Waals surface area (Å²) in [6.45, 7) is 0.0503. The molecule has 0 bridgehead atoms. The second-order valence-corrected chi connectivity index (χ2v) is 4.53. The van der Waals surface area contributed by atoms with Crippen molar-refractivity contribution in [3.8, 4) is 5.75 Å². The number of ether oxygens (including phenoxy) is 1. The predicted octanol–water partition coefficient (Wildman–Crippen LogP) is 0.619. The van der Waals surface area contributed by atoms with E-state index in [4.69, 9.17) is 4.74 Å². The lowest BCUT2D eigenvalue weighted by Crippen LogP contribution is -2.10. The summed E-state index contributed by atoms with van der Waals surface area (Å²) in [5, 5.41) is 8.75. The Labute approximate surface area is 117 Å². The third-order valence-corrected chi connectivity index (χ3v) is 2.79. The number of fused-ring (bicyclic) bond motifs is 1. The standard InChI is InChI=1S/C7H5N3O2.C5H5NOS/c11-7-4-8-1-5-2-9-10-3-6(5)12-7;7-8-5-3-1-2-4-6-8/h1-3H,4H2;1-5H. The number of carbonyl (C=O) groups is 1. The van der Waals surface area contributed by atoms with Crippen molar-refractivity contribution in [2.24, 2.45) is 9.39 Å². The summed E-state index contributed by atoms with van der Waals surface area (Å²) in [5.74, 6) is 0.0363. The molecule has 0 saturated carbocycles. The third-order valence-electron chi connectivity index (χ3n) is 2.07. The molecule has 0 aliphatic carbocycles. The van der Waals surface area contributed by atoms with Crippen molar-refractivity contribution < 1.29 is 13.7 Å². The number of aromatic nitrogens is 2. The molecule has 1 atom stereocenters. The van der Waals surface area contributed by atoms with E-state index in [-0.39, 0.29) is 12.5 Å². The topological polar surface area (TPSA) is 93.9 Å². The number of allylic oxidation sites excluding steroid dienone is 3. The normalized spacial score (nSPS) is 19.2. The van der Waals surface area contributed by atoms with Gasteiger partial charge in [-0.2, -0.15) is 14.6 Å². The Balaban J connectivity index is 0.000000160. The first-order chi connectivity index (χ1) is 9.75. The van der Waals surface area contributed by atoms with Gasteiger partial charge in [0.15, 0.2) is 16.7 Å². The fraction of sp³-hybridized carbons (Fsp3) is 0.0833. The Morgan fingerprint density at radius 3 is 2.90 bits per heavy atom. The highest BCUT2D eigenvalue weighted by molar-refractivity contribution is 7.86. The number of hydrogen-bond donors (Lipinski definition) is 0. The maximum Gasteiger partial charge on any atom is 0.333 e. The summed E-state index contributed by atoms with van der Waals surface area (Å²) in [7, 11) is -1.13. The number of rotatable bonds is 0. The minimum absolute atomic E-state index is 0.0503. The van der Waals surface area contributed by atoms with Crippen LogP contribution in [0, 0.1) is 0 Å². The largest absolute Gasteiger partial charge is 0.423 e. The highest BCUT2D eigenvalue weighted by atomic mass is 32.2. The number of hydrogen-bond acceptors (Lipinski definition) is 6. The van der Waals surface area contributed by atoms with Crippen LogP contribution in [0.4, 0.5) is 0 Å². The number of esters is 1. The van der Waals surface area contributed by atoms with Crippen LogP contribution >= 0.6 is 0 Å². The van der Waals surface area contributed by atoms with E-state index in [0.29, 0.717) is 11.3 Å². The molecule has 1 unspecified atom stereocenters. The molecule has 0 saturated heterocycles. The monoisotopic (exact) mass is 290 g/mol. The van der Waals surface area contributed by atoms with Gasteiger partial charge in [0.05, 0.1) is 18.0 Å². The van der Waals surface area contributed by atoms with Crippen LogP contribution in [0.5, 0.6) is 5.75 Å². The number of aliphatic imine (C=N–C) groups is 1. The van der Waals surface area contributed by atoms with E-state index in [1.807, 2.05) is 0 Å². The van der Waals surface area contributed by atoms with Gasteiger partial charge in [-0.3, -0.25) is 4.99 Å². The Bertz CT molecular complexity index is 619. The van der Waals surface area contributed by atoms with Gasteiger partial charge in [-0.15, -0.1) is 0 Å². The third kappa shape index (κ3) is 4.32. The summed E-state index contributed by atoms with van der Waals surface area (Å²) in [6, 6.07) is 0. The summed E-state index contributed by atoms with van der Waals surface area (Å²) in [4.78, 5) is 14.7. The molecule has 3 heterocycles. The molecule has 7 nitrogen and oxygen atoms in total. The zero-order valence-corrected chi connectivity index (χ0v) is 11.1. The van der Waals surface area contributed by atoms with E-state index in [0.717, 1.165) is 0 Å². The molecule has 102 valence electrons. The fourth-order valence-electron chi connectivity index (χ4n) is 1.23. The van der Waals surface area contributed by atoms with E-state index in [1.54, 1.807) is 24.4 Å². The summed E-state index contributed by atoms with van der Waals surface area (Å²) in [6.07, 6.45) is 11.2. The van der Waals surface area contributed by atoms with Crippen molar-refractivity contribution in [1.82, 2.24) is 10.2 Å². The first-order valence-corrected chi connectivity index (χ1v) is 6.72. The van der Waals surface area contributed by atoms with E-state index >= 15 is 0 Å². The fourth-order valence-corrected chi connectivity index (χ4v) is 1.72. The van der Waals surface area contributed by atoms with Crippen LogP contribution in [0.25, 0.3) is 0 Å². The van der Waals surface area contributed by atoms with Gasteiger partial charge in [-0.1, -0.05) is 12.2 Å². The molecule has 20 heavy (non-hydrogen) atoms. The van der Waals surface area contributed by atoms with Gasteiger partial charge in [0.2, 0.25) is 0 Å². The van der Waals surface area contributed by atoms with Crippen LogP contribution in [-0.4, -0.2) is 39.3 Å². The smallest absolute Gasteiger partial charge is 0.333 e. The number of carbonyl (C=O) groups excluding carboxylic acids is 1. The van der Waals surface area contributed by atoms with E-state index < -0.39 is 11.0 Å². The van der Waals surface area contributed by atoms with Crippen molar-refractivity contribution >= 4 is 29.4 Å². The summed E-state index contributed by atoms with van der Waals surface area (Å²) in [5.41, 5.74) is 0.677. The molecule has 0 N–H and O–H groups in total. The Hall–Kier alpha value is -2.48. The maximum atomic E-state index is 10.9. The molecule has 2 aliphatic heterocycles. The molecule has 3 rings (SSSR count). The minimum atomic E-state index is -1.13. The molecule has 0 aromatic carbocycles. The average Bonchev–Trinajstić information content (AvgIpc) is 2.78. The SMILES string of the molecule is O=C1CN=Cc2cnncc2O1.O=S1C=CC=CC=N1. The van der Waals surface area contributed by atoms with Crippen LogP contribution in [0.1, 0.15) is 5.56 Å². The molecule has 0 fully saturated rings. The Kier molecular flexibility index (Phi) is 5.01. The van der Waals surface area contributed by atoms with Gasteiger partial charge in [0.1, 0.15) is 6.54 Å². The van der Waals surface area contributed by atoms with Gasteiger partial charge >= 0.3 is 5.97 Å². The van der Waals surface area contributed by atoms with Gasteiger partial charge in [0.25, 0.3) is 0 Å². The second kappa shape index (κ2) is 7.19. The Morgan fingerprint density at radius 1 is 1.15 bits per heavy atom. The van der Waals surface area contributed by atoms with Crippen LogP contribution in [-0.2, 0) is 15.8 Å². The zero-order valence-electron chi connectivity index (χ0n) is 10.2. The summed E-state index contributed by atoms with van der Waals surface area (Å²) >= 11 is 0. The molecular formula is C12H10N4O3S. The van der Waals surface area contributed by atoms with Crippen molar-refractivity contribution in [2.45, 2.75) is 0 Å². The quantitative estimate of drug-likeness (QED) is 0.653. The molecular weight excluding hydrogens is 280 g/mol. The highest BCUT2D eigenvalue weighted by Crippen LogP contribution is 2.14. The molecule has 1 aromatic rings. The van der Waals surface area contributed by atoms with Crippen LogP contribution < -0.4 is 4.74 Å². The van der Waals surface area contributed by atoms with E-state index in [2.05, 4.69) is 19.6 Å². The van der Waals surface area contributed by atoms with E-state index in [1.165, 1.54) is 24.0 Å². The maximum absolute atomic E-state index is 10.9. The molecule has 0 spiro atoms. The first-order valence-electron chi connectivity index (χ1n) is 5.55. The molecule has 0 amide bonds. The van der Waals surface area contributed by atoms with Crippen molar-refractivity contribution in [1.29, 1.82) is 0 Å². The highest BCUT2D eigenvalue weighted by Gasteiger charge is 2.11. The van der Waals surface area contributed by atoms with Gasteiger partial charge in [-0.25, -0.2) is 9.00 Å². The average molecular weight is 290 g/mol. The first kappa shape index (κ1) is 13.9. The van der Waals surface area contributed by atoms with Gasteiger partial charge in [-0.05, 0) is 6.08 Å². The number of nitrogens with zero attached hydrogens (tertiary/aromatic N) is 4. The lowest BCUT2D eigenvalue weighted by atomic mass is 10.3. The van der Waals surface area contributed by atoms with Gasteiger partial charge in [0, 0.05) is 17.8 Å². The lowest BCUT2D eigenvalue weighted by molar-refractivity contribution is -0.132. The molecule has 8 heteroatoms. The minimum Gasteiger partial charge on any atom is -0.423 e. The second-order valence-electron chi connectivity index (χ2n) is 3.50. The zero-order chi connectivity index (χ0) is 14.2. The molecule has 2 aliphatic rings. The van der Waals surface area contributed by atoms with Crippen LogP contribution in [0.3, 0.4) is 0 Å². The summed E-state index contributed by atoms with van der Waals surface area (Å²) < 4.78 is 19.0. The van der Waals surface area contributed by atoms with Crippen LogP contribution in [0.2, 0.25) is 0 Å². The molecule has 1 aromatic heterocycles. The van der Waals surface area contributed by atoms with Crippen molar-refractivity contribution in [3.63, 3.8) is 0 Å². The van der Waals surface area contributed by atoms with Crippen molar-refractivity contribution in [3.05, 3.63) is 41.6 Å². The Morgan fingerprint density at radius 2 is 2.00 bits per heavy atom. The van der Waals surface area contributed by atoms with Gasteiger partial charge < -0.3 is 4.74 Å². The van der Waals surface area contributed by atoms with E-state index in [9.17, 15) is 9.00 Å². The molecule has 0 radical (unpaired) electrons. The lowest BCUT2D eigenvalue weighted by Gasteiger charge is -1.99.